The first-order chi connectivity index (χ1) is 13.2. The maximum Gasteiger partial charge on any atom is 0.284 e. The Bertz CT molecular complexity index is 1000. The van der Waals surface area contributed by atoms with Crippen molar-refractivity contribution in [2.45, 2.75) is 5.22 Å². The largest absolute Gasteiger partial charge is 0.497 e. The Labute approximate surface area is 158 Å². The fourth-order valence-corrected chi connectivity index (χ4v) is 3.10. The highest BCUT2D eigenvalue weighted by molar-refractivity contribution is 8.14. The molecule has 1 aromatic heterocycles. The summed E-state index contributed by atoms with van der Waals surface area (Å²) in [5.74, 6) is 2.56. The lowest BCUT2D eigenvalue weighted by Gasteiger charge is -2.07. The standard InChI is InChI=1S/C18H14N2O6S/c1-22-11-4-5-12(14(8-11)23-2)16-19-20-18(26-16)27-17(21)10-3-6-13-15(7-10)25-9-24-13/h3-8H,9H2,1-2H3. The molecule has 8 nitrogen and oxygen atoms in total. The third-order valence-corrected chi connectivity index (χ3v) is 4.59. The fraction of sp³-hybridized carbons (Fsp3) is 0.167. The van der Waals surface area contributed by atoms with E-state index in [0.29, 0.717) is 34.1 Å². The second-order valence-electron chi connectivity index (χ2n) is 5.40. The van der Waals surface area contributed by atoms with Crippen molar-refractivity contribution in [3.8, 4) is 34.5 Å². The molecule has 27 heavy (non-hydrogen) atoms. The minimum Gasteiger partial charge on any atom is -0.497 e. The molecular formula is C18H14N2O6S. The van der Waals surface area contributed by atoms with Gasteiger partial charge in [0.15, 0.2) is 11.5 Å². The zero-order chi connectivity index (χ0) is 18.8. The van der Waals surface area contributed by atoms with Gasteiger partial charge in [0, 0.05) is 23.4 Å². The van der Waals surface area contributed by atoms with Crippen molar-refractivity contribution in [3.63, 3.8) is 0 Å². The van der Waals surface area contributed by atoms with E-state index in [-0.39, 0.29) is 23.0 Å². The lowest BCUT2D eigenvalue weighted by Crippen LogP contribution is -1.94. The second kappa shape index (κ2) is 7.20. The van der Waals surface area contributed by atoms with E-state index < -0.39 is 0 Å². The smallest absolute Gasteiger partial charge is 0.284 e. The Morgan fingerprint density at radius 1 is 1.04 bits per heavy atom. The normalized spacial score (nSPS) is 12.1. The molecule has 0 atom stereocenters. The predicted octanol–water partition coefficient (Wildman–Crippen LogP) is 3.42. The Morgan fingerprint density at radius 2 is 1.89 bits per heavy atom. The van der Waals surface area contributed by atoms with Gasteiger partial charge in [-0.3, -0.25) is 4.79 Å². The molecule has 1 aliphatic rings. The van der Waals surface area contributed by atoms with Gasteiger partial charge in [-0.2, -0.15) is 0 Å². The molecule has 1 aliphatic heterocycles. The molecule has 0 radical (unpaired) electrons. The summed E-state index contributed by atoms with van der Waals surface area (Å²) in [6.07, 6.45) is 0. The van der Waals surface area contributed by atoms with E-state index in [1.807, 2.05) is 0 Å². The molecule has 0 spiro atoms. The summed E-state index contributed by atoms with van der Waals surface area (Å²) in [6, 6.07) is 10.2. The SMILES string of the molecule is COc1ccc(-c2nnc(SC(=O)c3ccc4c(c3)OCO4)o2)c(OC)c1. The lowest BCUT2D eigenvalue weighted by atomic mass is 10.2. The van der Waals surface area contributed by atoms with E-state index in [9.17, 15) is 4.79 Å². The number of nitrogens with zero attached hydrogens (tertiary/aromatic N) is 2. The summed E-state index contributed by atoms with van der Waals surface area (Å²) in [6.45, 7) is 0.150. The van der Waals surface area contributed by atoms with Crippen molar-refractivity contribution in [1.82, 2.24) is 10.2 Å². The van der Waals surface area contributed by atoms with Crippen LogP contribution in [0.15, 0.2) is 46.0 Å². The topological polar surface area (TPSA) is 92.9 Å². The number of aromatic nitrogens is 2. The first-order valence-corrected chi connectivity index (χ1v) is 8.67. The van der Waals surface area contributed by atoms with Gasteiger partial charge in [0.05, 0.1) is 19.8 Å². The number of carbonyl (C=O) groups is 1. The molecule has 0 bridgehead atoms. The predicted molar refractivity (Wildman–Crippen MR) is 95.6 cm³/mol. The van der Waals surface area contributed by atoms with Crippen LogP contribution in [-0.2, 0) is 0 Å². The summed E-state index contributed by atoms with van der Waals surface area (Å²) in [7, 11) is 3.10. The van der Waals surface area contributed by atoms with Gasteiger partial charge >= 0.3 is 0 Å². The monoisotopic (exact) mass is 386 g/mol. The molecule has 3 aromatic rings. The number of thioether (sulfide) groups is 1. The molecule has 9 heteroatoms. The van der Waals surface area contributed by atoms with Gasteiger partial charge in [0.2, 0.25) is 11.9 Å². The molecule has 0 saturated heterocycles. The summed E-state index contributed by atoms with van der Waals surface area (Å²) < 4.78 is 26.6. The first-order valence-electron chi connectivity index (χ1n) is 7.85. The molecule has 0 aliphatic carbocycles. The number of methoxy groups -OCH3 is 2. The fourth-order valence-electron chi connectivity index (χ4n) is 2.50. The highest BCUT2D eigenvalue weighted by atomic mass is 32.2. The van der Waals surface area contributed by atoms with Crippen LogP contribution in [0.4, 0.5) is 0 Å². The Kier molecular flexibility index (Phi) is 4.59. The van der Waals surface area contributed by atoms with Gasteiger partial charge in [-0.25, -0.2) is 0 Å². The van der Waals surface area contributed by atoms with Crippen molar-refractivity contribution in [2.75, 3.05) is 21.0 Å². The average Bonchev–Trinajstić information content (AvgIpc) is 3.36. The van der Waals surface area contributed by atoms with E-state index in [2.05, 4.69) is 10.2 Å². The highest BCUT2D eigenvalue weighted by Crippen LogP contribution is 2.36. The summed E-state index contributed by atoms with van der Waals surface area (Å²) in [5.41, 5.74) is 1.05. The van der Waals surface area contributed by atoms with Crippen LogP contribution in [0.5, 0.6) is 23.0 Å². The second-order valence-corrected chi connectivity index (χ2v) is 6.32. The highest BCUT2D eigenvalue weighted by Gasteiger charge is 2.20. The zero-order valence-electron chi connectivity index (χ0n) is 14.4. The Balaban J connectivity index is 1.54. The van der Waals surface area contributed by atoms with Crippen molar-refractivity contribution < 1.29 is 28.2 Å². The number of hydrogen-bond donors (Lipinski definition) is 0. The maximum atomic E-state index is 12.5. The van der Waals surface area contributed by atoms with Crippen LogP contribution < -0.4 is 18.9 Å². The summed E-state index contributed by atoms with van der Waals surface area (Å²) in [5, 5.41) is 7.82. The third-order valence-electron chi connectivity index (χ3n) is 3.83. The van der Waals surface area contributed by atoms with Crippen LogP contribution in [-0.4, -0.2) is 36.3 Å². The minimum absolute atomic E-state index is 0.130. The lowest BCUT2D eigenvalue weighted by molar-refractivity contribution is 0.108. The first kappa shape index (κ1) is 17.2. The Hall–Kier alpha value is -3.20. The van der Waals surface area contributed by atoms with E-state index in [1.165, 1.54) is 7.11 Å². The molecule has 0 N–H and O–H groups in total. The van der Waals surface area contributed by atoms with E-state index in [1.54, 1.807) is 43.5 Å². The molecule has 0 amide bonds. The van der Waals surface area contributed by atoms with Crippen LogP contribution in [0.25, 0.3) is 11.5 Å². The van der Waals surface area contributed by atoms with Crippen LogP contribution in [0.1, 0.15) is 10.4 Å². The number of benzene rings is 2. The molecule has 138 valence electrons. The average molecular weight is 386 g/mol. The van der Waals surface area contributed by atoms with Crippen LogP contribution in [0.3, 0.4) is 0 Å². The van der Waals surface area contributed by atoms with Gasteiger partial charge in [-0.1, -0.05) is 0 Å². The van der Waals surface area contributed by atoms with Gasteiger partial charge in [0.1, 0.15) is 11.5 Å². The third kappa shape index (κ3) is 3.41. The van der Waals surface area contributed by atoms with E-state index >= 15 is 0 Å². The molecule has 2 heterocycles. The zero-order valence-corrected chi connectivity index (χ0v) is 15.2. The number of hydrogen-bond acceptors (Lipinski definition) is 9. The van der Waals surface area contributed by atoms with Crippen molar-refractivity contribution in [2.24, 2.45) is 0 Å². The van der Waals surface area contributed by atoms with Gasteiger partial charge in [-0.15, -0.1) is 10.2 Å². The molecule has 4 rings (SSSR count). The van der Waals surface area contributed by atoms with Gasteiger partial charge in [0.25, 0.3) is 11.1 Å². The van der Waals surface area contributed by atoms with Crippen molar-refractivity contribution in [3.05, 3.63) is 42.0 Å². The summed E-state index contributed by atoms with van der Waals surface area (Å²) in [4.78, 5) is 12.5. The molecule has 0 unspecified atom stereocenters. The van der Waals surface area contributed by atoms with E-state index in [4.69, 9.17) is 23.4 Å². The Morgan fingerprint density at radius 3 is 2.70 bits per heavy atom. The number of rotatable bonds is 5. The van der Waals surface area contributed by atoms with Gasteiger partial charge < -0.3 is 23.4 Å². The number of ether oxygens (including phenoxy) is 4. The van der Waals surface area contributed by atoms with Gasteiger partial charge in [-0.05, 0) is 30.3 Å². The number of carbonyl (C=O) groups excluding carboxylic acids is 1. The van der Waals surface area contributed by atoms with Crippen LogP contribution in [0.2, 0.25) is 0 Å². The quantitative estimate of drug-likeness (QED) is 0.611. The van der Waals surface area contributed by atoms with E-state index in [0.717, 1.165) is 11.8 Å². The molecular weight excluding hydrogens is 372 g/mol. The maximum absolute atomic E-state index is 12.5. The van der Waals surface area contributed by atoms with Crippen molar-refractivity contribution in [1.29, 1.82) is 0 Å². The molecule has 2 aromatic carbocycles. The van der Waals surface area contributed by atoms with Crippen molar-refractivity contribution >= 4 is 16.9 Å². The van der Waals surface area contributed by atoms with Crippen LogP contribution >= 0.6 is 11.8 Å². The number of fused-ring (bicyclic) bond motifs is 1. The summed E-state index contributed by atoms with van der Waals surface area (Å²) >= 11 is 0.838. The minimum atomic E-state index is -0.245. The molecule has 0 fully saturated rings. The van der Waals surface area contributed by atoms with Crippen LogP contribution in [0, 0.1) is 0 Å². The molecule has 0 saturated carbocycles.